The molecule has 2 aromatic heterocycles. The molecule has 15 heavy (non-hydrogen) atoms. The van der Waals surface area contributed by atoms with Crippen LogP contribution in [-0.4, -0.2) is 15.0 Å². The maximum Gasteiger partial charge on any atom is 0.115 e. The molecule has 0 bridgehead atoms. The Bertz CT molecular complexity index is 426. The Labute approximate surface area is 92.4 Å². The highest BCUT2D eigenvalue weighted by Gasteiger charge is 2.08. The molecule has 1 atom stereocenters. The van der Waals surface area contributed by atoms with Crippen LogP contribution in [0.5, 0.6) is 0 Å². The van der Waals surface area contributed by atoms with E-state index in [0.717, 1.165) is 16.4 Å². The predicted octanol–water partition coefficient (Wildman–Crippen LogP) is 2.41. The third kappa shape index (κ3) is 2.50. The second-order valence-electron chi connectivity index (χ2n) is 3.28. The normalized spacial score (nSPS) is 12.4. The van der Waals surface area contributed by atoms with E-state index in [1.54, 1.807) is 23.7 Å². The maximum absolute atomic E-state index is 4.42. The largest absolute Gasteiger partial charge is 0.374 e. The quantitative estimate of drug-likeness (QED) is 0.863. The van der Waals surface area contributed by atoms with E-state index < -0.39 is 0 Å². The second kappa shape index (κ2) is 4.35. The van der Waals surface area contributed by atoms with Gasteiger partial charge in [0.1, 0.15) is 6.33 Å². The van der Waals surface area contributed by atoms with Crippen LogP contribution in [0.25, 0.3) is 0 Å². The molecule has 0 aliphatic carbocycles. The Morgan fingerprint density at radius 1 is 1.33 bits per heavy atom. The highest BCUT2D eigenvalue weighted by atomic mass is 32.1. The lowest BCUT2D eigenvalue weighted by Gasteiger charge is -2.11. The molecule has 2 aromatic rings. The molecule has 78 valence electrons. The number of aromatic nitrogens is 3. The maximum atomic E-state index is 4.42. The van der Waals surface area contributed by atoms with Crippen LogP contribution in [0.15, 0.2) is 24.1 Å². The fourth-order valence-electron chi connectivity index (χ4n) is 1.28. The molecule has 0 fully saturated rings. The Hall–Kier alpha value is -1.49. The standard InChI is InChI=1S/C10H12N4S/c1-7(10-5-15-8(2)14-10)13-9-3-11-6-12-4-9/h3-7,13H,1-2H3. The summed E-state index contributed by atoms with van der Waals surface area (Å²) in [6, 6.07) is 0.181. The van der Waals surface area contributed by atoms with Crippen molar-refractivity contribution in [3.05, 3.63) is 34.8 Å². The van der Waals surface area contributed by atoms with Crippen LogP contribution < -0.4 is 5.32 Å². The molecule has 0 aromatic carbocycles. The van der Waals surface area contributed by atoms with E-state index in [-0.39, 0.29) is 6.04 Å². The van der Waals surface area contributed by atoms with Crippen molar-refractivity contribution in [3.63, 3.8) is 0 Å². The summed E-state index contributed by atoms with van der Waals surface area (Å²) in [4.78, 5) is 12.3. The van der Waals surface area contributed by atoms with E-state index in [2.05, 4.69) is 32.6 Å². The molecule has 5 heteroatoms. The van der Waals surface area contributed by atoms with Crippen LogP contribution in [0.3, 0.4) is 0 Å². The minimum Gasteiger partial charge on any atom is -0.374 e. The molecule has 1 unspecified atom stereocenters. The van der Waals surface area contributed by atoms with E-state index >= 15 is 0 Å². The third-order valence-electron chi connectivity index (χ3n) is 2.02. The number of hydrogen-bond donors (Lipinski definition) is 1. The molecular formula is C10H12N4S. The van der Waals surface area contributed by atoms with Crippen molar-refractivity contribution >= 4 is 17.0 Å². The molecule has 0 saturated heterocycles. The Kier molecular flexibility index (Phi) is 2.91. The molecular weight excluding hydrogens is 208 g/mol. The topological polar surface area (TPSA) is 50.7 Å². The first-order valence-corrected chi connectivity index (χ1v) is 5.57. The van der Waals surface area contributed by atoms with Crippen molar-refractivity contribution in [1.29, 1.82) is 0 Å². The van der Waals surface area contributed by atoms with Gasteiger partial charge in [-0.3, -0.25) is 0 Å². The second-order valence-corrected chi connectivity index (χ2v) is 4.35. The van der Waals surface area contributed by atoms with Gasteiger partial charge in [-0.25, -0.2) is 15.0 Å². The van der Waals surface area contributed by atoms with Crippen LogP contribution >= 0.6 is 11.3 Å². The minimum atomic E-state index is 0.181. The molecule has 4 nitrogen and oxygen atoms in total. The summed E-state index contributed by atoms with van der Waals surface area (Å²) in [5.41, 5.74) is 1.97. The minimum absolute atomic E-state index is 0.181. The monoisotopic (exact) mass is 220 g/mol. The van der Waals surface area contributed by atoms with Crippen LogP contribution in [0, 0.1) is 6.92 Å². The van der Waals surface area contributed by atoms with E-state index in [4.69, 9.17) is 0 Å². The van der Waals surface area contributed by atoms with Gasteiger partial charge in [-0.15, -0.1) is 11.3 Å². The van der Waals surface area contributed by atoms with Crippen LogP contribution in [0.4, 0.5) is 5.69 Å². The Morgan fingerprint density at radius 2 is 2.07 bits per heavy atom. The van der Waals surface area contributed by atoms with Gasteiger partial charge in [-0.05, 0) is 13.8 Å². The zero-order chi connectivity index (χ0) is 10.7. The summed E-state index contributed by atoms with van der Waals surface area (Å²) in [6.07, 6.45) is 5.02. The summed E-state index contributed by atoms with van der Waals surface area (Å²) in [6.45, 7) is 4.08. The van der Waals surface area contributed by atoms with E-state index in [1.807, 2.05) is 6.92 Å². The van der Waals surface area contributed by atoms with Crippen LogP contribution in [0.1, 0.15) is 23.7 Å². The Morgan fingerprint density at radius 3 is 2.67 bits per heavy atom. The lowest BCUT2D eigenvalue weighted by atomic mass is 10.2. The van der Waals surface area contributed by atoms with Gasteiger partial charge in [-0.2, -0.15) is 0 Å². The van der Waals surface area contributed by atoms with Gasteiger partial charge in [0, 0.05) is 5.38 Å². The summed E-state index contributed by atoms with van der Waals surface area (Å²) in [5.74, 6) is 0. The molecule has 0 radical (unpaired) electrons. The number of thiazole rings is 1. The first-order chi connectivity index (χ1) is 7.25. The van der Waals surface area contributed by atoms with Gasteiger partial charge in [0.25, 0.3) is 0 Å². The van der Waals surface area contributed by atoms with Crippen LogP contribution in [0.2, 0.25) is 0 Å². The van der Waals surface area contributed by atoms with Gasteiger partial charge in [0.2, 0.25) is 0 Å². The average molecular weight is 220 g/mol. The first kappa shape index (κ1) is 10.0. The summed E-state index contributed by atoms with van der Waals surface area (Å²) >= 11 is 1.66. The van der Waals surface area contributed by atoms with Gasteiger partial charge in [-0.1, -0.05) is 0 Å². The summed E-state index contributed by atoms with van der Waals surface area (Å²) in [5, 5.41) is 6.44. The molecule has 2 rings (SSSR count). The van der Waals surface area contributed by atoms with Gasteiger partial charge in [0.15, 0.2) is 0 Å². The van der Waals surface area contributed by atoms with Crippen molar-refractivity contribution in [2.24, 2.45) is 0 Å². The van der Waals surface area contributed by atoms with Gasteiger partial charge in [0.05, 0.1) is 34.8 Å². The molecule has 0 spiro atoms. The van der Waals surface area contributed by atoms with Crippen molar-refractivity contribution in [2.45, 2.75) is 19.9 Å². The fourth-order valence-corrected chi connectivity index (χ4v) is 1.98. The Balaban J connectivity index is 2.07. The lowest BCUT2D eigenvalue weighted by Crippen LogP contribution is -2.07. The van der Waals surface area contributed by atoms with E-state index in [9.17, 15) is 0 Å². The van der Waals surface area contributed by atoms with E-state index in [1.165, 1.54) is 6.33 Å². The highest BCUT2D eigenvalue weighted by molar-refractivity contribution is 7.09. The summed E-state index contributed by atoms with van der Waals surface area (Å²) in [7, 11) is 0. The smallest absolute Gasteiger partial charge is 0.115 e. The van der Waals surface area contributed by atoms with Crippen molar-refractivity contribution in [3.8, 4) is 0 Å². The zero-order valence-electron chi connectivity index (χ0n) is 8.64. The number of anilines is 1. The molecule has 1 N–H and O–H groups in total. The predicted molar refractivity (Wildman–Crippen MR) is 60.9 cm³/mol. The van der Waals surface area contributed by atoms with Gasteiger partial charge < -0.3 is 5.32 Å². The third-order valence-corrected chi connectivity index (χ3v) is 2.82. The van der Waals surface area contributed by atoms with Crippen molar-refractivity contribution in [2.75, 3.05) is 5.32 Å². The van der Waals surface area contributed by atoms with Crippen molar-refractivity contribution in [1.82, 2.24) is 15.0 Å². The SMILES string of the molecule is Cc1nc(C(C)Nc2cncnc2)cs1. The molecule has 0 saturated carbocycles. The number of nitrogens with zero attached hydrogens (tertiary/aromatic N) is 3. The van der Waals surface area contributed by atoms with Crippen LogP contribution in [-0.2, 0) is 0 Å². The summed E-state index contributed by atoms with van der Waals surface area (Å²) < 4.78 is 0. The number of nitrogens with one attached hydrogen (secondary N) is 1. The zero-order valence-corrected chi connectivity index (χ0v) is 9.45. The van der Waals surface area contributed by atoms with E-state index in [0.29, 0.717) is 0 Å². The number of rotatable bonds is 3. The number of hydrogen-bond acceptors (Lipinski definition) is 5. The first-order valence-electron chi connectivity index (χ1n) is 4.69. The van der Waals surface area contributed by atoms with Gasteiger partial charge >= 0.3 is 0 Å². The number of aryl methyl sites for hydroxylation is 1. The molecule has 0 amide bonds. The highest BCUT2D eigenvalue weighted by Crippen LogP contribution is 2.19. The van der Waals surface area contributed by atoms with Crippen molar-refractivity contribution < 1.29 is 0 Å². The molecule has 0 aliphatic heterocycles. The lowest BCUT2D eigenvalue weighted by molar-refractivity contribution is 0.842. The fraction of sp³-hybridized carbons (Fsp3) is 0.300. The molecule has 2 heterocycles. The molecule has 0 aliphatic rings. The average Bonchev–Trinajstić information content (AvgIpc) is 2.66.